The van der Waals surface area contributed by atoms with Gasteiger partial charge in [0.05, 0.1) is 17.2 Å². The second-order valence-corrected chi connectivity index (χ2v) is 7.96. The van der Waals surface area contributed by atoms with E-state index in [1.54, 1.807) is 25.3 Å². The maximum atomic E-state index is 6.46. The predicted molar refractivity (Wildman–Crippen MR) is 121 cm³/mol. The Bertz CT molecular complexity index is 995. The average molecular weight is 471 g/mol. The standard InChI is InChI=1S/C22H19Cl4NO2/c1-28-21-9-16(12-27-11-15-4-2-3-5-17(15)23)19(25)10-22(21)29-13-14-6-7-18(24)20(26)8-14/h2-10,27H,11-13H2,1H3. The van der Waals surface area contributed by atoms with Gasteiger partial charge < -0.3 is 14.8 Å². The summed E-state index contributed by atoms with van der Waals surface area (Å²) in [6, 6.07) is 16.7. The Balaban J connectivity index is 1.66. The summed E-state index contributed by atoms with van der Waals surface area (Å²) in [5.74, 6) is 1.16. The number of hydrogen-bond acceptors (Lipinski definition) is 3. The maximum Gasteiger partial charge on any atom is 0.163 e. The Hall–Kier alpha value is -1.62. The van der Waals surface area contributed by atoms with Crippen molar-refractivity contribution in [3.63, 3.8) is 0 Å². The van der Waals surface area contributed by atoms with Crippen LogP contribution in [0.25, 0.3) is 0 Å². The molecule has 29 heavy (non-hydrogen) atoms. The fraction of sp³-hybridized carbons (Fsp3) is 0.182. The van der Waals surface area contributed by atoms with E-state index in [0.717, 1.165) is 21.7 Å². The molecule has 3 rings (SSSR count). The van der Waals surface area contributed by atoms with E-state index in [0.29, 0.717) is 46.3 Å². The predicted octanol–water partition coefficient (Wildman–Crippen LogP) is 7.18. The number of rotatable bonds is 8. The molecule has 152 valence electrons. The molecule has 7 heteroatoms. The molecule has 0 aliphatic rings. The molecule has 0 heterocycles. The minimum atomic E-state index is 0.313. The van der Waals surface area contributed by atoms with Crippen LogP contribution in [0.2, 0.25) is 20.1 Å². The maximum absolute atomic E-state index is 6.46. The molecular weight excluding hydrogens is 452 g/mol. The van der Waals surface area contributed by atoms with Gasteiger partial charge in [-0.3, -0.25) is 0 Å². The molecule has 0 aliphatic heterocycles. The topological polar surface area (TPSA) is 30.5 Å². The second kappa shape index (κ2) is 10.4. The summed E-state index contributed by atoms with van der Waals surface area (Å²) in [4.78, 5) is 0. The number of ether oxygens (including phenoxy) is 2. The van der Waals surface area contributed by atoms with Crippen molar-refractivity contribution in [1.82, 2.24) is 5.32 Å². The lowest BCUT2D eigenvalue weighted by atomic mass is 10.1. The third-order valence-electron chi connectivity index (χ3n) is 4.30. The summed E-state index contributed by atoms with van der Waals surface area (Å²) in [6.45, 7) is 1.51. The zero-order chi connectivity index (χ0) is 20.8. The first kappa shape index (κ1) is 22.1. The summed E-state index contributed by atoms with van der Waals surface area (Å²) >= 11 is 24.7. The summed E-state index contributed by atoms with van der Waals surface area (Å²) in [5.41, 5.74) is 2.82. The largest absolute Gasteiger partial charge is 0.493 e. The van der Waals surface area contributed by atoms with Crippen LogP contribution in [-0.4, -0.2) is 7.11 Å². The van der Waals surface area contributed by atoms with Crippen LogP contribution >= 0.6 is 46.4 Å². The van der Waals surface area contributed by atoms with Crippen LogP contribution in [0.3, 0.4) is 0 Å². The second-order valence-electron chi connectivity index (χ2n) is 6.33. The van der Waals surface area contributed by atoms with Gasteiger partial charge in [0, 0.05) is 29.2 Å². The van der Waals surface area contributed by atoms with Gasteiger partial charge in [-0.1, -0.05) is 70.7 Å². The van der Waals surface area contributed by atoms with Crippen molar-refractivity contribution in [1.29, 1.82) is 0 Å². The van der Waals surface area contributed by atoms with Gasteiger partial charge in [-0.15, -0.1) is 0 Å². The zero-order valence-electron chi connectivity index (χ0n) is 15.6. The molecule has 0 unspecified atom stereocenters. The van der Waals surface area contributed by atoms with Gasteiger partial charge in [-0.2, -0.15) is 0 Å². The van der Waals surface area contributed by atoms with Gasteiger partial charge in [-0.25, -0.2) is 0 Å². The Kier molecular flexibility index (Phi) is 7.93. The Morgan fingerprint density at radius 3 is 2.21 bits per heavy atom. The van der Waals surface area contributed by atoms with E-state index in [2.05, 4.69) is 5.32 Å². The first-order valence-electron chi connectivity index (χ1n) is 8.85. The first-order valence-corrected chi connectivity index (χ1v) is 10.4. The highest BCUT2D eigenvalue weighted by Gasteiger charge is 2.12. The number of hydrogen-bond donors (Lipinski definition) is 1. The van der Waals surface area contributed by atoms with Crippen LogP contribution in [0.4, 0.5) is 0 Å². The molecular formula is C22H19Cl4NO2. The third kappa shape index (κ3) is 5.94. The molecule has 3 nitrogen and oxygen atoms in total. The molecule has 0 aromatic heterocycles. The lowest BCUT2D eigenvalue weighted by molar-refractivity contribution is 0.284. The molecule has 0 fully saturated rings. The molecule has 0 bridgehead atoms. The molecule has 3 aromatic carbocycles. The van der Waals surface area contributed by atoms with Crippen molar-refractivity contribution < 1.29 is 9.47 Å². The van der Waals surface area contributed by atoms with Gasteiger partial charge in [0.1, 0.15) is 6.61 Å². The van der Waals surface area contributed by atoms with E-state index in [4.69, 9.17) is 55.9 Å². The van der Waals surface area contributed by atoms with Gasteiger partial charge in [0.25, 0.3) is 0 Å². The van der Waals surface area contributed by atoms with Crippen LogP contribution in [0.5, 0.6) is 11.5 Å². The summed E-state index contributed by atoms with van der Waals surface area (Å²) in [6.07, 6.45) is 0. The fourth-order valence-electron chi connectivity index (χ4n) is 2.75. The highest BCUT2D eigenvalue weighted by molar-refractivity contribution is 6.42. The molecule has 0 saturated heterocycles. The van der Waals surface area contributed by atoms with Gasteiger partial charge in [-0.05, 0) is 41.0 Å². The minimum Gasteiger partial charge on any atom is -0.493 e. The van der Waals surface area contributed by atoms with Gasteiger partial charge >= 0.3 is 0 Å². The van der Waals surface area contributed by atoms with Crippen molar-refractivity contribution in [2.24, 2.45) is 0 Å². The van der Waals surface area contributed by atoms with E-state index >= 15 is 0 Å². The lowest BCUT2D eigenvalue weighted by Crippen LogP contribution is -2.13. The first-order chi connectivity index (χ1) is 14.0. The molecule has 0 spiro atoms. The van der Waals surface area contributed by atoms with E-state index in [9.17, 15) is 0 Å². The zero-order valence-corrected chi connectivity index (χ0v) is 18.7. The Labute approximate surface area is 190 Å². The minimum absolute atomic E-state index is 0.313. The molecule has 0 amide bonds. The molecule has 0 aliphatic carbocycles. The van der Waals surface area contributed by atoms with Crippen molar-refractivity contribution in [3.8, 4) is 11.5 Å². The quantitative estimate of drug-likeness (QED) is 0.378. The fourth-order valence-corrected chi connectivity index (χ4v) is 3.49. The van der Waals surface area contributed by atoms with Gasteiger partial charge in [0.2, 0.25) is 0 Å². The number of nitrogens with one attached hydrogen (secondary N) is 1. The lowest BCUT2D eigenvalue weighted by Gasteiger charge is -2.15. The van der Waals surface area contributed by atoms with Crippen LogP contribution < -0.4 is 14.8 Å². The molecule has 0 atom stereocenters. The highest BCUT2D eigenvalue weighted by atomic mass is 35.5. The number of benzene rings is 3. The van der Waals surface area contributed by atoms with Crippen LogP contribution in [0.15, 0.2) is 54.6 Å². The molecule has 3 aromatic rings. The Morgan fingerprint density at radius 2 is 1.48 bits per heavy atom. The molecule has 0 saturated carbocycles. The van der Waals surface area contributed by atoms with Crippen LogP contribution in [0.1, 0.15) is 16.7 Å². The van der Waals surface area contributed by atoms with Gasteiger partial charge in [0.15, 0.2) is 11.5 Å². The average Bonchev–Trinajstić information content (AvgIpc) is 2.71. The van der Waals surface area contributed by atoms with E-state index in [1.165, 1.54) is 0 Å². The van der Waals surface area contributed by atoms with Crippen molar-refractivity contribution in [3.05, 3.63) is 91.4 Å². The van der Waals surface area contributed by atoms with Crippen LogP contribution in [0, 0.1) is 0 Å². The number of methoxy groups -OCH3 is 1. The van der Waals surface area contributed by atoms with Crippen molar-refractivity contribution in [2.45, 2.75) is 19.7 Å². The number of halogens is 4. The molecule has 1 N–H and O–H groups in total. The SMILES string of the molecule is COc1cc(CNCc2ccccc2Cl)c(Cl)cc1OCc1ccc(Cl)c(Cl)c1. The van der Waals surface area contributed by atoms with E-state index < -0.39 is 0 Å². The monoisotopic (exact) mass is 469 g/mol. The third-order valence-corrected chi connectivity index (χ3v) is 5.76. The summed E-state index contributed by atoms with van der Waals surface area (Å²) in [7, 11) is 1.59. The van der Waals surface area contributed by atoms with E-state index in [-0.39, 0.29) is 0 Å². The smallest absolute Gasteiger partial charge is 0.163 e. The van der Waals surface area contributed by atoms with Crippen LogP contribution in [-0.2, 0) is 19.7 Å². The Morgan fingerprint density at radius 1 is 0.724 bits per heavy atom. The summed E-state index contributed by atoms with van der Waals surface area (Å²) < 4.78 is 11.4. The molecule has 0 radical (unpaired) electrons. The van der Waals surface area contributed by atoms with E-state index in [1.807, 2.05) is 36.4 Å². The van der Waals surface area contributed by atoms with Crippen molar-refractivity contribution in [2.75, 3.05) is 7.11 Å². The highest BCUT2D eigenvalue weighted by Crippen LogP contribution is 2.34. The normalized spacial score (nSPS) is 10.8. The van der Waals surface area contributed by atoms with Crippen molar-refractivity contribution >= 4 is 46.4 Å². The summed E-state index contributed by atoms with van der Waals surface area (Å²) in [5, 5.41) is 5.65.